The summed E-state index contributed by atoms with van der Waals surface area (Å²) < 4.78 is 1.27. The van der Waals surface area contributed by atoms with Gasteiger partial charge in [0.05, 0.1) is 5.38 Å². The van der Waals surface area contributed by atoms with Crippen LogP contribution < -0.4 is 0 Å². The van der Waals surface area contributed by atoms with Gasteiger partial charge < -0.3 is 0 Å². The third kappa shape index (κ3) is 2.46. The summed E-state index contributed by atoms with van der Waals surface area (Å²) in [5.74, 6) is 0. The molecule has 3 aromatic rings. The molecule has 0 amide bonds. The molecule has 0 N–H and O–H groups in total. The fourth-order valence-corrected chi connectivity index (χ4v) is 4.07. The Bertz CT molecular complexity index is 741. The number of rotatable bonds is 2. The Hall–Kier alpha value is -1.02. The van der Waals surface area contributed by atoms with Gasteiger partial charge in [-0.3, -0.25) is 0 Å². The van der Waals surface area contributed by atoms with Crippen molar-refractivity contribution in [2.75, 3.05) is 0 Å². The summed E-state index contributed by atoms with van der Waals surface area (Å²) in [7, 11) is 0. The molecule has 0 aliphatic rings. The number of thiophene rings is 1. The lowest BCUT2D eigenvalue weighted by atomic mass is 10.0. The maximum Gasteiger partial charge on any atom is 0.0930 e. The predicted octanol–water partition coefficient (Wildman–Crippen LogP) is 6.50. The van der Waals surface area contributed by atoms with Crippen LogP contribution in [-0.4, -0.2) is 0 Å². The highest BCUT2D eigenvalue weighted by Gasteiger charge is 2.17. The molecule has 102 valence electrons. The van der Waals surface area contributed by atoms with E-state index < -0.39 is 0 Å². The minimum atomic E-state index is -0.122. The molecule has 0 nitrogen and oxygen atoms in total. The summed E-state index contributed by atoms with van der Waals surface area (Å²) in [6, 6.07) is 14.6. The van der Waals surface area contributed by atoms with Crippen molar-refractivity contribution in [3.63, 3.8) is 0 Å². The van der Waals surface area contributed by atoms with Gasteiger partial charge in [-0.1, -0.05) is 35.9 Å². The first kappa shape index (κ1) is 13.9. The Balaban J connectivity index is 2.07. The van der Waals surface area contributed by atoms with Crippen molar-refractivity contribution in [3.05, 3.63) is 69.1 Å². The van der Waals surface area contributed by atoms with Gasteiger partial charge >= 0.3 is 0 Å². The van der Waals surface area contributed by atoms with Gasteiger partial charge in [0.25, 0.3) is 0 Å². The lowest BCUT2D eigenvalue weighted by molar-refractivity contribution is 1.14. The zero-order valence-electron chi connectivity index (χ0n) is 11.3. The van der Waals surface area contributed by atoms with Crippen LogP contribution >= 0.6 is 34.5 Å². The van der Waals surface area contributed by atoms with Crippen molar-refractivity contribution in [2.45, 2.75) is 19.2 Å². The first-order chi connectivity index (χ1) is 9.56. The van der Waals surface area contributed by atoms with E-state index in [1.807, 2.05) is 13.0 Å². The van der Waals surface area contributed by atoms with E-state index in [9.17, 15) is 0 Å². The second kappa shape index (κ2) is 5.40. The number of benzene rings is 2. The molecular formula is C17H14Cl2S. The smallest absolute Gasteiger partial charge is 0.0930 e. The second-order valence-electron chi connectivity index (χ2n) is 5.01. The summed E-state index contributed by atoms with van der Waals surface area (Å²) in [4.78, 5) is 1.18. The molecule has 3 rings (SSSR count). The van der Waals surface area contributed by atoms with E-state index in [1.54, 1.807) is 11.3 Å². The molecule has 0 saturated heterocycles. The van der Waals surface area contributed by atoms with Crippen molar-refractivity contribution >= 4 is 44.6 Å². The van der Waals surface area contributed by atoms with Crippen LogP contribution in [0.5, 0.6) is 0 Å². The Labute approximate surface area is 133 Å². The Morgan fingerprint density at radius 3 is 2.50 bits per heavy atom. The molecule has 0 aliphatic carbocycles. The van der Waals surface area contributed by atoms with Gasteiger partial charge in [-0.25, -0.2) is 0 Å². The highest BCUT2D eigenvalue weighted by molar-refractivity contribution is 7.19. The number of hydrogen-bond acceptors (Lipinski definition) is 1. The number of alkyl halides is 1. The SMILES string of the molecule is Cc1cc(C(Cl)c2cc3ccccc3s2)c(C)cc1Cl. The average Bonchev–Trinajstić information content (AvgIpc) is 2.86. The van der Waals surface area contributed by atoms with E-state index in [0.717, 1.165) is 21.7 Å². The maximum atomic E-state index is 6.70. The normalized spacial score (nSPS) is 12.8. The monoisotopic (exact) mass is 320 g/mol. The summed E-state index contributed by atoms with van der Waals surface area (Å²) in [5.41, 5.74) is 3.34. The van der Waals surface area contributed by atoms with Crippen molar-refractivity contribution in [3.8, 4) is 0 Å². The molecule has 3 heteroatoms. The number of fused-ring (bicyclic) bond motifs is 1. The molecule has 1 unspecified atom stereocenters. The summed E-state index contributed by atoms with van der Waals surface area (Å²) in [6.45, 7) is 4.07. The molecule has 0 aliphatic heterocycles. The maximum absolute atomic E-state index is 6.70. The predicted molar refractivity (Wildman–Crippen MR) is 90.4 cm³/mol. The summed E-state index contributed by atoms with van der Waals surface area (Å²) >= 11 is 14.6. The zero-order chi connectivity index (χ0) is 14.3. The van der Waals surface area contributed by atoms with Crippen LogP contribution in [0.25, 0.3) is 10.1 Å². The lowest BCUT2D eigenvalue weighted by Gasteiger charge is -2.13. The fourth-order valence-electron chi connectivity index (χ4n) is 2.36. The highest BCUT2D eigenvalue weighted by Crippen LogP contribution is 2.39. The first-order valence-corrected chi connectivity index (χ1v) is 8.08. The van der Waals surface area contributed by atoms with Gasteiger partial charge in [0.15, 0.2) is 0 Å². The lowest BCUT2D eigenvalue weighted by Crippen LogP contribution is -1.95. The van der Waals surface area contributed by atoms with Gasteiger partial charge in [0.2, 0.25) is 0 Å². The van der Waals surface area contributed by atoms with Crippen LogP contribution in [0.15, 0.2) is 42.5 Å². The van der Waals surface area contributed by atoms with Gasteiger partial charge in [-0.2, -0.15) is 0 Å². The molecule has 1 heterocycles. The minimum Gasteiger partial charge on any atom is -0.138 e. The van der Waals surface area contributed by atoms with Crippen molar-refractivity contribution < 1.29 is 0 Å². The van der Waals surface area contributed by atoms with Crippen LogP contribution in [0, 0.1) is 13.8 Å². The van der Waals surface area contributed by atoms with Gasteiger partial charge in [-0.05, 0) is 54.1 Å². The Kier molecular flexibility index (Phi) is 3.76. The number of aryl methyl sites for hydroxylation is 2. The van der Waals surface area contributed by atoms with Gasteiger partial charge in [-0.15, -0.1) is 22.9 Å². The summed E-state index contributed by atoms with van der Waals surface area (Å²) in [6.07, 6.45) is 0. The zero-order valence-corrected chi connectivity index (χ0v) is 13.6. The van der Waals surface area contributed by atoms with E-state index in [1.165, 1.54) is 15.0 Å². The molecule has 2 aromatic carbocycles. The van der Waals surface area contributed by atoms with Crippen LogP contribution in [0.4, 0.5) is 0 Å². The number of halogens is 2. The molecule has 20 heavy (non-hydrogen) atoms. The standard InChI is InChI=1S/C17H14Cl2S/c1-10-8-14(18)11(2)7-13(10)17(19)16-9-12-5-3-4-6-15(12)20-16/h3-9,17H,1-2H3. The van der Waals surface area contributed by atoms with Crippen LogP contribution in [0.3, 0.4) is 0 Å². The molecular weight excluding hydrogens is 307 g/mol. The van der Waals surface area contributed by atoms with Crippen LogP contribution in [-0.2, 0) is 0 Å². The second-order valence-corrected chi connectivity index (χ2v) is 6.97. The molecule has 0 spiro atoms. The van der Waals surface area contributed by atoms with E-state index in [2.05, 4.69) is 43.3 Å². The minimum absolute atomic E-state index is 0.122. The molecule has 0 saturated carbocycles. The van der Waals surface area contributed by atoms with E-state index in [-0.39, 0.29) is 5.38 Å². The topological polar surface area (TPSA) is 0 Å². The Morgan fingerprint density at radius 2 is 1.75 bits per heavy atom. The van der Waals surface area contributed by atoms with Crippen molar-refractivity contribution in [2.24, 2.45) is 0 Å². The first-order valence-electron chi connectivity index (χ1n) is 6.45. The summed E-state index contributed by atoms with van der Waals surface area (Å²) in [5, 5.41) is 1.93. The van der Waals surface area contributed by atoms with E-state index >= 15 is 0 Å². The molecule has 1 atom stereocenters. The molecule has 0 bridgehead atoms. The third-order valence-electron chi connectivity index (χ3n) is 3.51. The third-order valence-corrected chi connectivity index (χ3v) is 5.70. The Morgan fingerprint density at radius 1 is 1.00 bits per heavy atom. The van der Waals surface area contributed by atoms with Crippen molar-refractivity contribution in [1.82, 2.24) is 0 Å². The average molecular weight is 321 g/mol. The molecule has 0 radical (unpaired) electrons. The molecule has 1 aromatic heterocycles. The largest absolute Gasteiger partial charge is 0.138 e. The molecule has 0 fully saturated rings. The quantitative estimate of drug-likeness (QED) is 0.473. The van der Waals surface area contributed by atoms with Gasteiger partial charge in [0, 0.05) is 14.6 Å². The van der Waals surface area contributed by atoms with Crippen molar-refractivity contribution in [1.29, 1.82) is 0 Å². The highest BCUT2D eigenvalue weighted by atomic mass is 35.5. The number of hydrogen-bond donors (Lipinski definition) is 0. The van der Waals surface area contributed by atoms with E-state index in [4.69, 9.17) is 23.2 Å². The van der Waals surface area contributed by atoms with E-state index in [0.29, 0.717) is 0 Å². The fraction of sp³-hybridized carbons (Fsp3) is 0.176. The van der Waals surface area contributed by atoms with Crippen LogP contribution in [0.2, 0.25) is 5.02 Å². The van der Waals surface area contributed by atoms with Gasteiger partial charge in [0.1, 0.15) is 0 Å². The van der Waals surface area contributed by atoms with Crippen LogP contribution in [0.1, 0.15) is 26.9 Å².